The van der Waals surface area contributed by atoms with E-state index in [0.717, 1.165) is 0 Å². The number of hydrogen-bond donors (Lipinski definition) is 1. The topological polar surface area (TPSA) is 24.4 Å². The highest BCUT2D eigenvalue weighted by molar-refractivity contribution is 7.98. The van der Waals surface area contributed by atoms with Gasteiger partial charge in [-0.1, -0.05) is 18.2 Å². The highest BCUT2D eigenvalue weighted by atomic mass is 32.2. The molecule has 3 rings (SSSR count). The summed E-state index contributed by atoms with van der Waals surface area (Å²) in [6.07, 6.45) is 1.89. The van der Waals surface area contributed by atoms with E-state index in [-0.39, 0.29) is 0 Å². The SMILES string of the molecule is C1=NNSc2c1sc1ccccc21. The molecular formula is C9H6N2S2. The highest BCUT2D eigenvalue weighted by Crippen LogP contribution is 2.37. The number of nitrogens with one attached hydrogen (secondary N) is 1. The summed E-state index contributed by atoms with van der Waals surface area (Å²) < 4.78 is 1.33. The molecule has 0 amide bonds. The Bertz CT molecular complexity index is 487. The van der Waals surface area contributed by atoms with Crippen LogP contribution in [0, 0.1) is 0 Å². The zero-order chi connectivity index (χ0) is 8.67. The molecule has 0 atom stereocenters. The van der Waals surface area contributed by atoms with Crippen molar-refractivity contribution in [1.29, 1.82) is 0 Å². The summed E-state index contributed by atoms with van der Waals surface area (Å²) in [6.45, 7) is 0. The fourth-order valence-corrected chi connectivity index (χ4v) is 3.31. The Morgan fingerprint density at radius 1 is 1.23 bits per heavy atom. The molecule has 13 heavy (non-hydrogen) atoms. The molecule has 2 nitrogen and oxygen atoms in total. The molecule has 0 radical (unpaired) electrons. The van der Waals surface area contributed by atoms with Crippen LogP contribution in [-0.4, -0.2) is 6.21 Å². The third-order valence-corrected chi connectivity index (χ3v) is 4.03. The molecule has 1 aliphatic heterocycles. The minimum absolute atomic E-state index is 1.25. The Morgan fingerprint density at radius 2 is 2.15 bits per heavy atom. The van der Waals surface area contributed by atoms with Crippen molar-refractivity contribution in [3.8, 4) is 0 Å². The van der Waals surface area contributed by atoms with Crippen LogP contribution >= 0.6 is 23.3 Å². The molecule has 0 aliphatic carbocycles. The molecule has 0 fully saturated rings. The van der Waals surface area contributed by atoms with Gasteiger partial charge in [0.15, 0.2) is 0 Å². The lowest BCUT2D eigenvalue weighted by atomic mass is 10.2. The van der Waals surface area contributed by atoms with Crippen LogP contribution in [0.3, 0.4) is 0 Å². The van der Waals surface area contributed by atoms with Gasteiger partial charge in [0.1, 0.15) is 0 Å². The van der Waals surface area contributed by atoms with Crippen molar-refractivity contribution >= 4 is 39.6 Å². The third-order valence-electron chi connectivity index (χ3n) is 1.96. The van der Waals surface area contributed by atoms with E-state index in [1.165, 1.54) is 19.9 Å². The first-order valence-corrected chi connectivity index (χ1v) is 5.55. The fourth-order valence-electron chi connectivity index (χ4n) is 1.39. The lowest BCUT2D eigenvalue weighted by molar-refractivity contribution is 1.11. The minimum atomic E-state index is 1.25. The molecule has 1 aliphatic rings. The molecule has 2 aromatic rings. The monoisotopic (exact) mass is 206 g/mol. The lowest BCUT2D eigenvalue weighted by Crippen LogP contribution is -1.98. The van der Waals surface area contributed by atoms with Crippen LogP contribution in [0.4, 0.5) is 0 Å². The van der Waals surface area contributed by atoms with Gasteiger partial charge in [-0.2, -0.15) is 5.10 Å². The predicted octanol–water partition coefficient (Wildman–Crippen LogP) is 2.85. The zero-order valence-corrected chi connectivity index (χ0v) is 8.28. The van der Waals surface area contributed by atoms with E-state index in [1.54, 1.807) is 23.3 Å². The second-order valence-electron chi connectivity index (χ2n) is 2.74. The first-order chi connectivity index (χ1) is 6.45. The molecular weight excluding hydrogens is 200 g/mol. The van der Waals surface area contributed by atoms with Crippen LogP contribution in [0.2, 0.25) is 0 Å². The summed E-state index contributed by atoms with van der Waals surface area (Å²) in [5.74, 6) is 0. The second-order valence-corrected chi connectivity index (χ2v) is 4.62. The van der Waals surface area contributed by atoms with Gasteiger partial charge in [0, 0.05) is 22.0 Å². The van der Waals surface area contributed by atoms with E-state index in [9.17, 15) is 0 Å². The summed E-state index contributed by atoms with van der Waals surface area (Å²) >= 11 is 3.38. The van der Waals surface area contributed by atoms with Crippen molar-refractivity contribution < 1.29 is 0 Å². The molecule has 0 saturated heterocycles. The first-order valence-electron chi connectivity index (χ1n) is 3.91. The Hall–Kier alpha value is -1.00. The van der Waals surface area contributed by atoms with Gasteiger partial charge in [-0.15, -0.1) is 11.3 Å². The van der Waals surface area contributed by atoms with E-state index in [4.69, 9.17) is 0 Å². The second kappa shape index (κ2) is 2.75. The molecule has 1 aromatic carbocycles. The molecule has 0 spiro atoms. The van der Waals surface area contributed by atoms with Crippen molar-refractivity contribution in [3.63, 3.8) is 0 Å². The number of fused-ring (bicyclic) bond motifs is 3. The van der Waals surface area contributed by atoms with Crippen molar-refractivity contribution in [2.24, 2.45) is 5.10 Å². The van der Waals surface area contributed by atoms with Crippen LogP contribution in [0.15, 0.2) is 34.3 Å². The Labute approximate surface area is 83.8 Å². The molecule has 0 saturated carbocycles. The van der Waals surface area contributed by atoms with Gasteiger partial charge in [0.05, 0.1) is 16.0 Å². The summed E-state index contributed by atoms with van der Waals surface area (Å²) in [5, 5.41) is 5.34. The van der Waals surface area contributed by atoms with E-state index in [1.807, 2.05) is 6.21 Å². The summed E-state index contributed by atoms with van der Waals surface area (Å²) in [6, 6.07) is 8.44. The summed E-state index contributed by atoms with van der Waals surface area (Å²) in [7, 11) is 0. The number of benzene rings is 1. The maximum absolute atomic E-state index is 4.01. The average molecular weight is 206 g/mol. The van der Waals surface area contributed by atoms with E-state index in [0.29, 0.717) is 0 Å². The van der Waals surface area contributed by atoms with Crippen molar-refractivity contribution in [2.75, 3.05) is 0 Å². The van der Waals surface area contributed by atoms with Gasteiger partial charge in [-0.3, -0.25) is 0 Å². The van der Waals surface area contributed by atoms with Gasteiger partial charge < -0.3 is 0 Å². The molecule has 0 bridgehead atoms. The smallest absolute Gasteiger partial charge is 0.0663 e. The molecule has 0 unspecified atom stereocenters. The number of hydrogen-bond acceptors (Lipinski definition) is 4. The number of nitrogens with zero attached hydrogens (tertiary/aromatic N) is 1. The Kier molecular flexibility index (Phi) is 1.57. The fraction of sp³-hybridized carbons (Fsp3) is 0. The van der Waals surface area contributed by atoms with Gasteiger partial charge in [0.25, 0.3) is 0 Å². The van der Waals surface area contributed by atoms with Gasteiger partial charge in [0.2, 0.25) is 0 Å². The number of hydrazone groups is 1. The molecule has 2 heterocycles. The average Bonchev–Trinajstić information content (AvgIpc) is 2.56. The normalized spacial score (nSPS) is 14.2. The largest absolute Gasteiger partial charge is 0.247 e. The standard InChI is InChI=1S/C9H6N2S2/c1-2-4-7-6(3-1)9-8(12-7)5-10-11-13-9/h1-5,11H. The molecule has 1 aromatic heterocycles. The first kappa shape index (κ1) is 7.41. The maximum atomic E-state index is 4.01. The molecule has 4 heteroatoms. The van der Waals surface area contributed by atoms with E-state index >= 15 is 0 Å². The van der Waals surface area contributed by atoms with Crippen LogP contribution in [-0.2, 0) is 0 Å². The van der Waals surface area contributed by atoms with Crippen LogP contribution in [0.25, 0.3) is 10.1 Å². The van der Waals surface area contributed by atoms with Crippen LogP contribution in [0.5, 0.6) is 0 Å². The van der Waals surface area contributed by atoms with E-state index < -0.39 is 0 Å². The van der Waals surface area contributed by atoms with Gasteiger partial charge in [-0.25, -0.2) is 4.83 Å². The van der Waals surface area contributed by atoms with Crippen LogP contribution < -0.4 is 4.83 Å². The quantitative estimate of drug-likeness (QED) is 0.670. The zero-order valence-electron chi connectivity index (χ0n) is 6.65. The molecule has 64 valence electrons. The minimum Gasteiger partial charge on any atom is -0.247 e. The van der Waals surface area contributed by atoms with E-state index in [2.05, 4.69) is 34.2 Å². The lowest BCUT2D eigenvalue weighted by Gasteiger charge is -2.04. The Morgan fingerprint density at radius 3 is 3.15 bits per heavy atom. The van der Waals surface area contributed by atoms with Crippen LogP contribution in [0.1, 0.15) is 4.88 Å². The molecule has 1 N–H and O–H groups in total. The Balaban J connectivity index is 2.41. The predicted molar refractivity (Wildman–Crippen MR) is 58.4 cm³/mol. The number of thiophene rings is 1. The summed E-state index contributed by atoms with van der Waals surface area (Å²) in [5.41, 5.74) is 0. The van der Waals surface area contributed by atoms with Gasteiger partial charge in [-0.05, 0) is 6.07 Å². The van der Waals surface area contributed by atoms with Gasteiger partial charge >= 0.3 is 0 Å². The van der Waals surface area contributed by atoms with Crippen molar-refractivity contribution in [1.82, 2.24) is 4.83 Å². The van der Waals surface area contributed by atoms with Crippen molar-refractivity contribution in [3.05, 3.63) is 29.1 Å². The third kappa shape index (κ3) is 1.06. The highest BCUT2D eigenvalue weighted by Gasteiger charge is 2.12. The summed E-state index contributed by atoms with van der Waals surface area (Å²) in [4.78, 5) is 5.47. The number of rotatable bonds is 0. The maximum Gasteiger partial charge on any atom is 0.0663 e. The van der Waals surface area contributed by atoms with Crippen molar-refractivity contribution in [2.45, 2.75) is 4.90 Å².